The molecule has 0 aromatic carbocycles. The summed E-state index contributed by atoms with van der Waals surface area (Å²) in [7, 11) is 0. The molecule has 0 aromatic heterocycles. The topological polar surface area (TPSA) is 41.5 Å². The molecule has 0 aliphatic heterocycles. The van der Waals surface area contributed by atoms with Crippen molar-refractivity contribution < 1.29 is 9.84 Å². The summed E-state index contributed by atoms with van der Waals surface area (Å²) in [5, 5.41) is 13.1. The molecule has 1 saturated carbocycles. The minimum atomic E-state index is -0.372. The van der Waals surface area contributed by atoms with Crippen LogP contribution in [0.2, 0.25) is 0 Å². The molecule has 1 fully saturated rings. The van der Waals surface area contributed by atoms with E-state index in [0.717, 1.165) is 6.54 Å². The van der Waals surface area contributed by atoms with Gasteiger partial charge in [0, 0.05) is 6.54 Å². The van der Waals surface area contributed by atoms with Crippen molar-refractivity contribution in [2.24, 2.45) is 11.8 Å². The third-order valence-electron chi connectivity index (χ3n) is 3.80. The lowest BCUT2D eigenvalue weighted by Crippen LogP contribution is -2.36. The first-order valence-electron chi connectivity index (χ1n) is 7.63. The van der Waals surface area contributed by atoms with E-state index in [4.69, 9.17) is 4.74 Å². The second-order valence-electron chi connectivity index (χ2n) is 6.03. The zero-order valence-corrected chi connectivity index (χ0v) is 12.3. The first kappa shape index (κ1) is 15.9. The van der Waals surface area contributed by atoms with Gasteiger partial charge in [-0.05, 0) is 31.2 Å². The Hall–Kier alpha value is -0.120. The highest BCUT2D eigenvalue weighted by Gasteiger charge is 2.24. The van der Waals surface area contributed by atoms with Gasteiger partial charge in [0.15, 0.2) is 0 Å². The van der Waals surface area contributed by atoms with Crippen molar-refractivity contribution in [1.29, 1.82) is 0 Å². The van der Waals surface area contributed by atoms with Crippen molar-refractivity contribution in [3.05, 3.63) is 0 Å². The molecule has 0 bridgehead atoms. The molecule has 1 aliphatic carbocycles. The lowest BCUT2D eigenvalue weighted by molar-refractivity contribution is -0.0499. The molecule has 18 heavy (non-hydrogen) atoms. The van der Waals surface area contributed by atoms with E-state index in [2.05, 4.69) is 26.1 Å². The van der Waals surface area contributed by atoms with Crippen molar-refractivity contribution in [2.45, 2.75) is 65.1 Å². The van der Waals surface area contributed by atoms with Crippen LogP contribution in [0.1, 0.15) is 52.9 Å². The Morgan fingerprint density at radius 2 is 1.94 bits per heavy atom. The van der Waals surface area contributed by atoms with Crippen LogP contribution < -0.4 is 5.32 Å². The number of aliphatic hydroxyl groups is 1. The molecule has 3 atom stereocenters. The van der Waals surface area contributed by atoms with E-state index in [1.54, 1.807) is 0 Å². The summed E-state index contributed by atoms with van der Waals surface area (Å²) in [4.78, 5) is 0. The fraction of sp³-hybridized carbons (Fsp3) is 1.00. The summed E-state index contributed by atoms with van der Waals surface area (Å²) in [6.45, 7) is 8.66. The van der Waals surface area contributed by atoms with Crippen LogP contribution in [0.15, 0.2) is 0 Å². The van der Waals surface area contributed by atoms with Gasteiger partial charge in [-0.15, -0.1) is 0 Å². The van der Waals surface area contributed by atoms with E-state index in [9.17, 15) is 5.11 Å². The molecule has 0 amide bonds. The molecule has 3 nitrogen and oxygen atoms in total. The number of nitrogens with one attached hydrogen (secondary N) is 1. The molecular formula is C15H31NO2. The fourth-order valence-electron chi connectivity index (χ4n) is 2.69. The van der Waals surface area contributed by atoms with Crippen LogP contribution >= 0.6 is 0 Å². The van der Waals surface area contributed by atoms with E-state index >= 15 is 0 Å². The van der Waals surface area contributed by atoms with Gasteiger partial charge in [-0.2, -0.15) is 0 Å². The van der Waals surface area contributed by atoms with Gasteiger partial charge in [-0.3, -0.25) is 0 Å². The molecular weight excluding hydrogens is 226 g/mol. The lowest BCUT2D eigenvalue weighted by atomic mass is 9.85. The van der Waals surface area contributed by atoms with Gasteiger partial charge in [-0.25, -0.2) is 0 Å². The Morgan fingerprint density at radius 1 is 1.22 bits per heavy atom. The third kappa shape index (κ3) is 6.17. The van der Waals surface area contributed by atoms with Crippen LogP contribution in [0.3, 0.4) is 0 Å². The SMILES string of the molecule is CC[C@@H]1CCCC[C@H]1OC[C@H](O)CNCC(C)C. The maximum absolute atomic E-state index is 9.86. The zero-order chi connectivity index (χ0) is 13.4. The maximum Gasteiger partial charge on any atom is 0.0897 e. The van der Waals surface area contributed by atoms with Crippen molar-refractivity contribution in [3.63, 3.8) is 0 Å². The molecule has 0 aromatic rings. The van der Waals surface area contributed by atoms with Gasteiger partial charge in [0.2, 0.25) is 0 Å². The summed E-state index contributed by atoms with van der Waals surface area (Å²) in [5.41, 5.74) is 0. The van der Waals surface area contributed by atoms with E-state index in [0.29, 0.717) is 31.1 Å². The van der Waals surface area contributed by atoms with Crippen LogP contribution in [0.25, 0.3) is 0 Å². The molecule has 1 rings (SSSR count). The first-order valence-corrected chi connectivity index (χ1v) is 7.63. The highest BCUT2D eigenvalue weighted by molar-refractivity contribution is 4.75. The maximum atomic E-state index is 9.86. The van der Waals surface area contributed by atoms with E-state index in [1.165, 1.54) is 32.1 Å². The highest BCUT2D eigenvalue weighted by Crippen LogP contribution is 2.29. The number of hydrogen-bond acceptors (Lipinski definition) is 3. The summed E-state index contributed by atoms with van der Waals surface area (Å²) in [6, 6.07) is 0. The second-order valence-corrected chi connectivity index (χ2v) is 6.03. The molecule has 0 saturated heterocycles. The molecule has 0 radical (unpaired) electrons. The van der Waals surface area contributed by atoms with Crippen LogP contribution in [-0.2, 0) is 4.74 Å². The normalized spacial score (nSPS) is 26.5. The Labute approximate surface area is 112 Å². The van der Waals surface area contributed by atoms with Crippen LogP contribution in [0, 0.1) is 11.8 Å². The molecule has 0 unspecified atom stereocenters. The van der Waals surface area contributed by atoms with E-state index in [-0.39, 0.29) is 6.10 Å². The van der Waals surface area contributed by atoms with Crippen LogP contribution in [0.5, 0.6) is 0 Å². The number of ether oxygens (including phenoxy) is 1. The quantitative estimate of drug-likeness (QED) is 0.702. The monoisotopic (exact) mass is 257 g/mol. The minimum absolute atomic E-state index is 0.372. The zero-order valence-electron chi connectivity index (χ0n) is 12.3. The van der Waals surface area contributed by atoms with Crippen LogP contribution in [0.4, 0.5) is 0 Å². The molecule has 0 spiro atoms. The summed E-state index contributed by atoms with van der Waals surface area (Å²) >= 11 is 0. The summed E-state index contributed by atoms with van der Waals surface area (Å²) in [6.07, 6.45) is 6.30. The molecule has 0 heterocycles. The van der Waals surface area contributed by atoms with Crippen molar-refractivity contribution >= 4 is 0 Å². The summed E-state index contributed by atoms with van der Waals surface area (Å²) < 4.78 is 5.92. The van der Waals surface area contributed by atoms with Crippen molar-refractivity contribution in [3.8, 4) is 0 Å². The fourth-order valence-corrected chi connectivity index (χ4v) is 2.69. The Bertz CT molecular complexity index is 209. The molecule has 1 aliphatic rings. The van der Waals surface area contributed by atoms with Gasteiger partial charge in [-0.1, -0.05) is 40.0 Å². The first-order chi connectivity index (χ1) is 8.63. The molecule has 2 N–H and O–H groups in total. The standard InChI is InChI=1S/C15H31NO2/c1-4-13-7-5-6-8-15(13)18-11-14(17)10-16-9-12(2)3/h12-17H,4-11H2,1-3H3/t13-,14-,15-/m1/s1. The van der Waals surface area contributed by atoms with E-state index in [1.807, 2.05) is 0 Å². The van der Waals surface area contributed by atoms with E-state index < -0.39 is 0 Å². The van der Waals surface area contributed by atoms with Crippen molar-refractivity contribution in [1.82, 2.24) is 5.32 Å². The smallest absolute Gasteiger partial charge is 0.0897 e. The van der Waals surface area contributed by atoms with Gasteiger partial charge in [0.1, 0.15) is 0 Å². The Kier molecular flexibility index (Phi) is 7.87. The third-order valence-corrected chi connectivity index (χ3v) is 3.80. The van der Waals surface area contributed by atoms with Gasteiger partial charge < -0.3 is 15.2 Å². The predicted octanol–water partition coefficient (Wildman–Crippen LogP) is 2.58. The predicted molar refractivity (Wildman–Crippen MR) is 75.7 cm³/mol. The van der Waals surface area contributed by atoms with Crippen LogP contribution in [-0.4, -0.2) is 37.0 Å². The Morgan fingerprint density at radius 3 is 2.61 bits per heavy atom. The number of hydrogen-bond donors (Lipinski definition) is 2. The van der Waals surface area contributed by atoms with Gasteiger partial charge in [0.25, 0.3) is 0 Å². The Balaban J connectivity index is 2.14. The average Bonchev–Trinajstić information content (AvgIpc) is 2.36. The van der Waals surface area contributed by atoms with Crippen molar-refractivity contribution in [2.75, 3.05) is 19.7 Å². The lowest BCUT2D eigenvalue weighted by Gasteiger charge is -2.31. The number of aliphatic hydroxyl groups excluding tert-OH is 1. The van der Waals surface area contributed by atoms with Gasteiger partial charge in [0.05, 0.1) is 18.8 Å². The van der Waals surface area contributed by atoms with Gasteiger partial charge >= 0.3 is 0 Å². The average molecular weight is 257 g/mol. The molecule has 108 valence electrons. The minimum Gasteiger partial charge on any atom is -0.389 e. The largest absolute Gasteiger partial charge is 0.389 e. The second kappa shape index (κ2) is 8.89. The number of rotatable bonds is 8. The molecule has 3 heteroatoms. The summed E-state index contributed by atoms with van der Waals surface area (Å²) in [5.74, 6) is 1.33. The highest BCUT2D eigenvalue weighted by atomic mass is 16.5.